The minimum atomic E-state index is -4.43. The van der Waals surface area contributed by atoms with Crippen LogP contribution in [0.5, 0.6) is 5.88 Å². The lowest BCUT2D eigenvalue weighted by atomic mass is 10.0. The van der Waals surface area contributed by atoms with Crippen molar-refractivity contribution < 1.29 is 22.7 Å². The van der Waals surface area contributed by atoms with Crippen molar-refractivity contribution in [2.24, 2.45) is 0 Å². The lowest BCUT2D eigenvalue weighted by molar-refractivity contribution is -0.154. The summed E-state index contributed by atoms with van der Waals surface area (Å²) in [6.07, 6.45) is 1.26. The summed E-state index contributed by atoms with van der Waals surface area (Å²) >= 11 is 0. The number of hydrogen-bond acceptors (Lipinski definition) is 5. The first kappa shape index (κ1) is 22.0. The number of piperidine rings is 1. The number of alkyl halides is 3. The Morgan fingerprint density at radius 1 is 1.20 bits per heavy atom. The molecule has 0 aliphatic carbocycles. The van der Waals surface area contributed by atoms with E-state index < -0.39 is 12.8 Å². The van der Waals surface area contributed by atoms with Crippen LogP contribution in [0.15, 0.2) is 42.7 Å². The molecule has 2 aromatic rings. The number of nitrogens with zero attached hydrogens (tertiary/aromatic N) is 4. The lowest BCUT2D eigenvalue weighted by Crippen LogP contribution is -2.46. The van der Waals surface area contributed by atoms with Crippen LogP contribution >= 0.6 is 0 Å². The van der Waals surface area contributed by atoms with Crippen molar-refractivity contribution >= 4 is 5.91 Å². The average Bonchev–Trinajstić information content (AvgIpc) is 2.76. The Bertz CT molecular complexity index is 807. The number of ether oxygens (including phenoxy) is 1. The Hall–Kier alpha value is -2.68. The van der Waals surface area contributed by atoms with E-state index >= 15 is 0 Å². The van der Waals surface area contributed by atoms with Gasteiger partial charge in [-0.2, -0.15) is 13.2 Å². The zero-order chi connectivity index (χ0) is 21.6. The summed E-state index contributed by atoms with van der Waals surface area (Å²) in [5.74, 6) is -0.357. The van der Waals surface area contributed by atoms with E-state index in [9.17, 15) is 18.0 Å². The maximum absolute atomic E-state index is 12.7. The number of likely N-dealkylation sites (tertiary alicyclic amines) is 1. The standard InChI is InChI=1S/C21H25F3N4O2/c1-27(20(29)16-5-6-19(26-14-16)30-15-21(22,23)24)18-8-12-28(13-9-18)11-7-17-4-2-3-10-25-17/h2-6,10,14,18H,7-9,11-13,15H2,1H3. The van der Waals surface area contributed by atoms with Gasteiger partial charge in [0.25, 0.3) is 5.91 Å². The van der Waals surface area contributed by atoms with Crippen molar-refractivity contribution in [2.75, 3.05) is 33.3 Å². The fraction of sp³-hybridized carbons (Fsp3) is 0.476. The van der Waals surface area contributed by atoms with Gasteiger partial charge in [-0.25, -0.2) is 4.98 Å². The summed E-state index contributed by atoms with van der Waals surface area (Å²) in [6.45, 7) is 1.33. The van der Waals surface area contributed by atoms with Crippen LogP contribution in [0.2, 0.25) is 0 Å². The summed E-state index contributed by atoms with van der Waals surface area (Å²) in [4.78, 5) is 24.9. The summed E-state index contributed by atoms with van der Waals surface area (Å²) in [6, 6.07) is 8.75. The summed E-state index contributed by atoms with van der Waals surface area (Å²) < 4.78 is 41.2. The van der Waals surface area contributed by atoms with Crippen LogP contribution in [0.3, 0.4) is 0 Å². The molecule has 0 spiro atoms. The van der Waals surface area contributed by atoms with Crippen LogP contribution < -0.4 is 4.74 Å². The van der Waals surface area contributed by atoms with Crippen molar-refractivity contribution in [3.05, 3.63) is 54.0 Å². The second-order valence-electron chi connectivity index (χ2n) is 7.35. The molecule has 1 aliphatic rings. The fourth-order valence-electron chi connectivity index (χ4n) is 3.47. The first-order valence-electron chi connectivity index (χ1n) is 9.87. The maximum atomic E-state index is 12.7. The third-order valence-corrected chi connectivity index (χ3v) is 5.20. The average molecular weight is 422 g/mol. The van der Waals surface area contributed by atoms with E-state index in [1.165, 1.54) is 18.3 Å². The highest BCUT2D eigenvalue weighted by Crippen LogP contribution is 2.20. The van der Waals surface area contributed by atoms with Gasteiger partial charge in [0, 0.05) is 63.3 Å². The molecule has 162 valence electrons. The normalized spacial score (nSPS) is 15.7. The topological polar surface area (TPSA) is 58.6 Å². The molecule has 0 aromatic carbocycles. The number of halogens is 3. The van der Waals surface area contributed by atoms with Crippen LogP contribution in [0.4, 0.5) is 13.2 Å². The van der Waals surface area contributed by atoms with E-state index in [4.69, 9.17) is 0 Å². The molecule has 0 radical (unpaired) electrons. The number of hydrogen-bond donors (Lipinski definition) is 0. The van der Waals surface area contributed by atoms with Gasteiger partial charge in [0.2, 0.25) is 5.88 Å². The molecule has 1 fully saturated rings. The first-order chi connectivity index (χ1) is 14.3. The third-order valence-electron chi connectivity index (χ3n) is 5.20. The monoisotopic (exact) mass is 422 g/mol. The van der Waals surface area contributed by atoms with E-state index in [0.717, 1.165) is 44.6 Å². The van der Waals surface area contributed by atoms with Gasteiger partial charge < -0.3 is 14.5 Å². The van der Waals surface area contributed by atoms with Gasteiger partial charge in [-0.1, -0.05) is 6.07 Å². The highest BCUT2D eigenvalue weighted by Gasteiger charge is 2.29. The molecule has 9 heteroatoms. The molecule has 6 nitrogen and oxygen atoms in total. The van der Waals surface area contributed by atoms with Crippen LogP contribution in [0.1, 0.15) is 28.9 Å². The molecular weight excluding hydrogens is 397 g/mol. The van der Waals surface area contributed by atoms with E-state index in [0.29, 0.717) is 5.56 Å². The lowest BCUT2D eigenvalue weighted by Gasteiger charge is -2.36. The molecule has 1 saturated heterocycles. The predicted molar refractivity (Wildman–Crippen MR) is 105 cm³/mol. The minimum absolute atomic E-state index is 0.116. The molecule has 0 bridgehead atoms. The number of aromatic nitrogens is 2. The van der Waals surface area contributed by atoms with Gasteiger partial charge in [0.05, 0.1) is 5.56 Å². The van der Waals surface area contributed by atoms with Crippen LogP contribution in [0.25, 0.3) is 0 Å². The second kappa shape index (κ2) is 9.88. The number of pyridine rings is 2. The summed E-state index contributed by atoms with van der Waals surface area (Å²) in [7, 11) is 1.75. The number of carbonyl (C=O) groups is 1. The van der Waals surface area contributed by atoms with E-state index in [1.54, 1.807) is 18.1 Å². The number of rotatable bonds is 7. The Labute approximate surface area is 173 Å². The van der Waals surface area contributed by atoms with Crippen molar-refractivity contribution in [3.8, 4) is 5.88 Å². The Balaban J connectivity index is 1.46. The van der Waals surface area contributed by atoms with Gasteiger partial charge in [0.1, 0.15) is 0 Å². The smallest absolute Gasteiger partial charge is 0.422 e. The zero-order valence-corrected chi connectivity index (χ0v) is 16.8. The quantitative estimate of drug-likeness (QED) is 0.686. The molecule has 1 aliphatic heterocycles. The van der Waals surface area contributed by atoms with Crippen molar-refractivity contribution in [1.29, 1.82) is 0 Å². The van der Waals surface area contributed by atoms with Gasteiger partial charge in [-0.05, 0) is 31.0 Å². The zero-order valence-electron chi connectivity index (χ0n) is 16.8. The van der Waals surface area contributed by atoms with Gasteiger partial charge in [-0.15, -0.1) is 0 Å². The van der Waals surface area contributed by atoms with Crippen molar-refractivity contribution in [1.82, 2.24) is 19.8 Å². The third kappa shape index (κ3) is 6.41. The molecule has 0 saturated carbocycles. The fourth-order valence-corrected chi connectivity index (χ4v) is 3.47. The summed E-state index contributed by atoms with van der Waals surface area (Å²) in [5, 5.41) is 0. The molecule has 1 amide bonds. The molecule has 0 N–H and O–H groups in total. The van der Waals surface area contributed by atoms with E-state index in [1.807, 2.05) is 18.2 Å². The molecule has 0 atom stereocenters. The SMILES string of the molecule is CN(C(=O)c1ccc(OCC(F)(F)F)nc1)C1CCN(CCc2ccccn2)CC1. The van der Waals surface area contributed by atoms with Gasteiger partial charge >= 0.3 is 6.18 Å². The minimum Gasteiger partial charge on any atom is -0.468 e. The molecule has 3 rings (SSSR count). The highest BCUT2D eigenvalue weighted by atomic mass is 19.4. The first-order valence-corrected chi connectivity index (χ1v) is 9.87. The van der Waals surface area contributed by atoms with Crippen LogP contribution in [-0.2, 0) is 6.42 Å². The van der Waals surface area contributed by atoms with Crippen LogP contribution in [0, 0.1) is 0 Å². The van der Waals surface area contributed by atoms with Crippen LogP contribution in [-0.4, -0.2) is 71.2 Å². The Morgan fingerprint density at radius 2 is 1.97 bits per heavy atom. The van der Waals surface area contributed by atoms with Crippen molar-refractivity contribution in [3.63, 3.8) is 0 Å². The Morgan fingerprint density at radius 3 is 2.57 bits per heavy atom. The highest BCUT2D eigenvalue weighted by molar-refractivity contribution is 5.94. The maximum Gasteiger partial charge on any atom is 0.422 e. The number of carbonyl (C=O) groups excluding carboxylic acids is 1. The molecular formula is C21H25F3N4O2. The van der Waals surface area contributed by atoms with Gasteiger partial charge in [0.15, 0.2) is 6.61 Å². The summed E-state index contributed by atoms with van der Waals surface area (Å²) in [5.41, 5.74) is 1.40. The van der Waals surface area contributed by atoms with E-state index in [-0.39, 0.29) is 17.8 Å². The molecule has 2 aromatic heterocycles. The predicted octanol–water partition coefficient (Wildman–Crippen LogP) is 3.20. The second-order valence-corrected chi connectivity index (χ2v) is 7.35. The van der Waals surface area contributed by atoms with Crippen molar-refractivity contribution in [2.45, 2.75) is 31.5 Å². The molecule has 3 heterocycles. The largest absolute Gasteiger partial charge is 0.468 e. The Kier molecular flexibility index (Phi) is 7.25. The molecule has 30 heavy (non-hydrogen) atoms. The van der Waals surface area contributed by atoms with Gasteiger partial charge in [-0.3, -0.25) is 9.78 Å². The van der Waals surface area contributed by atoms with E-state index in [2.05, 4.69) is 19.6 Å². The number of amides is 1. The molecule has 0 unspecified atom stereocenters.